The second-order valence-corrected chi connectivity index (χ2v) is 6.95. The Morgan fingerprint density at radius 2 is 2.19 bits per heavy atom. The summed E-state index contributed by atoms with van der Waals surface area (Å²) in [5.41, 5.74) is 1.01. The van der Waals surface area contributed by atoms with E-state index in [1.54, 1.807) is 30.1 Å². The van der Waals surface area contributed by atoms with Crippen molar-refractivity contribution in [3.8, 4) is 0 Å². The lowest BCUT2D eigenvalue weighted by atomic mass is 10.3. The van der Waals surface area contributed by atoms with Crippen LogP contribution in [-0.4, -0.2) is 28.9 Å². The van der Waals surface area contributed by atoms with Crippen LogP contribution in [0.15, 0.2) is 52.5 Å². The highest BCUT2D eigenvalue weighted by molar-refractivity contribution is 8.00. The number of fused-ring (bicyclic) bond motifs is 1. The number of rotatable bonds is 3. The third-order valence-electron chi connectivity index (χ3n) is 3.09. The predicted octanol–water partition coefficient (Wildman–Crippen LogP) is 3.97. The smallest absolute Gasteiger partial charge is 0.237 e. The second kappa shape index (κ2) is 6.73. The highest BCUT2D eigenvalue weighted by Crippen LogP contribution is 2.35. The van der Waals surface area contributed by atoms with Crippen molar-refractivity contribution >= 4 is 46.7 Å². The number of carbonyl (C=O) groups excluding carboxylic acids is 1. The summed E-state index contributed by atoms with van der Waals surface area (Å²) in [6, 6.07) is 11.6. The van der Waals surface area contributed by atoms with E-state index >= 15 is 0 Å². The molecular formula is C15H13ClN2OS2. The van der Waals surface area contributed by atoms with Gasteiger partial charge in [-0.05, 0) is 24.3 Å². The normalized spacial score (nSPS) is 13.9. The van der Waals surface area contributed by atoms with Crippen LogP contribution in [-0.2, 0) is 4.79 Å². The molecule has 1 aromatic heterocycles. The van der Waals surface area contributed by atoms with Gasteiger partial charge in [0.15, 0.2) is 0 Å². The van der Waals surface area contributed by atoms with E-state index in [9.17, 15) is 4.79 Å². The van der Waals surface area contributed by atoms with Gasteiger partial charge in [-0.15, -0.1) is 11.8 Å². The van der Waals surface area contributed by atoms with Gasteiger partial charge >= 0.3 is 0 Å². The molecule has 0 saturated heterocycles. The van der Waals surface area contributed by atoms with E-state index in [4.69, 9.17) is 11.6 Å². The molecule has 3 rings (SSSR count). The number of nitrogens with zero attached hydrogens (tertiary/aromatic N) is 2. The number of halogens is 1. The molecule has 1 amide bonds. The van der Waals surface area contributed by atoms with Crippen molar-refractivity contribution in [2.45, 2.75) is 9.92 Å². The Morgan fingerprint density at radius 3 is 3.05 bits per heavy atom. The minimum Gasteiger partial charge on any atom is -0.310 e. The second-order valence-electron chi connectivity index (χ2n) is 4.44. The molecule has 0 N–H and O–H groups in total. The highest BCUT2D eigenvalue weighted by Gasteiger charge is 2.22. The van der Waals surface area contributed by atoms with Gasteiger partial charge in [0.25, 0.3) is 0 Å². The van der Waals surface area contributed by atoms with Gasteiger partial charge in [0.1, 0.15) is 5.03 Å². The van der Waals surface area contributed by atoms with Gasteiger partial charge in [-0.1, -0.05) is 35.5 Å². The molecule has 0 spiro atoms. The number of hydrogen-bond acceptors (Lipinski definition) is 4. The van der Waals surface area contributed by atoms with Crippen LogP contribution in [0.3, 0.4) is 0 Å². The average molecular weight is 337 g/mol. The Kier molecular flexibility index (Phi) is 4.73. The molecule has 0 unspecified atom stereocenters. The zero-order valence-electron chi connectivity index (χ0n) is 11.2. The molecule has 21 heavy (non-hydrogen) atoms. The molecule has 108 valence electrons. The highest BCUT2D eigenvalue weighted by atomic mass is 35.5. The van der Waals surface area contributed by atoms with E-state index in [2.05, 4.69) is 11.1 Å². The number of anilines is 1. The number of benzene rings is 1. The van der Waals surface area contributed by atoms with Crippen molar-refractivity contribution < 1.29 is 4.79 Å². The van der Waals surface area contributed by atoms with E-state index in [1.807, 2.05) is 23.1 Å². The summed E-state index contributed by atoms with van der Waals surface area (Å²) < 4.78 is 0. The van der Waals surface area contributed by atoms with Gasteiger partial charge in [0, 0.05) is 23.4 Å². The van der Waals surface area contributed by atoms with Crippen LogP contribution < -0.4 is 4.90 Å². The van der Waals surface area contributed by atoms with Crippen LogP contribution in [0, 0.1) is 0 Å². The molecule has 1 aliphatic rings. The van der Waals surface area contributed by atoms with Crippen LogP contribution in [0.4, 0.5) is 5.69 Å². The maximum atomic E-state index is 12.5. The Bertz CT molecular complexity index is 666. The number of carbonyl (C=O) groups is 1. The topological polar surface area (TPSA) is 33.2 Å². The standard InChI is InChI=1S/C15H13ClN2OS2/c16-11-4-3-7-17-15(11)21-10-14(19)18-8-9-20-13-6-2-1-5-12(13)18/h1-7H,8-10H2. The zero-order valence-corrected chi connectivity index (χ0v) is 13.5. The number of amides is 1. The van der Waals surface area contributed by atoms with E-state index in [0.717, 1.165) is 22.9 Å². The predicted molar refractivity (Wildman–Crippen MR) is 89.5 cm³/mol. The summed E-state index contributed by atoms with van der Waals surface area (Å²) >= 11 is 9.24. The number of hydrogen-bond donors (Lipinski definition) is 0. The van der Waals surface area contributed by atoms with Crippen molar-refractivity contribution in [2.24, 2.45) is 0 Å². The molecule has 1 aromatic carbocycles. The zero-order chi connectivity index (χ0) is 14.7. The number of thioether (sulfide) groups is 2. The van der Waals surface area contributed by atoms with E-state index < -0.39 is 0 Å². The summed E-state index contributed by atoms with van der Waals surface area (Å²) in [7, 11) is 0. The number of aromatic nitrogens is 1. The first-order valence-electron chi connectivity index (χ1n) is 6.51. The molecule has 0 fully saturated rings. The fourth-order valence-corrected chi connectivity index (χ4v) is 4.15. The molecule has 3 nitrogen and oxygen atoms in total. The fourth-order valence-electron chi connectivity index (χ4n) is 2.11. The van der Waals surface area contributed by atoms with Gasteiger partial charge in [-0.25, -0.2) is 4.98 Å². The first-order valence-corrected chi connectivity index (χ1v) is 8.86. The van der Waals surface area contributed by atoms with Gasteiger partial charge in [0.05, 0.1) is 16.5 Å². The molecule has 0 radical (unpaired) electrons. The monoisotopic (exact) mass is 336 g/mol. The number of pyridine rings is 1. The van der Waals surface area contributed by atoms with Crippen molar-refractivity contribution in [1.29, 1.82) is 0 Å². The molecule has 2 heterocycles. The molecule has 0 atom stereocenters. The molecule has 0 aliphatic carbocycles. The van der Waals surface area contributed by atoms with Crippen molar-refractivity contribution in [2.75, 3.05) is 23.0 Å². The van der Waals surface area contributed by atoms with Crippen LogP contribution in [0.2, 0.25) is 5.02 Å². The lowest BCUT2D eigenvalue weighted by Gasteiger charge is -2.28. The Hall–Kier alpha value is -1.17. The molecule has 1 aliphatic heterocycles. The molecule has 2 aromatic rings. The lowest BCUT2D eigenvalue weighted by molar-refractivity contribution is -0.116. The molecule has 0 saturated carbocycles. The lowest BCUT2D eigenvalue weighted by Crippen LogP contribution is -2.36. The van der Waals surface area contributed by atoms with Crippen LogP contribution in [0.25, 0.3) is 0 Å². The molecular weight excluding hydrogens is 324 g/mol. The van der Waals surface area contributed by atoms with Gasteiger partial charge in [-0.3, -0.25) is 4.79 Å². The number of para-hydroxylation sites is 1. The Morgan fingerprint density at radius 1 is 1.33 bits per heavy atom. The summed E-state index contributed by atoms with van der Waals surface area (Å²) in [6.45, 7) is 0.747. The minimum atomic E-state index is 0.0921. The van der Waals surface area contributed by atoms with Crippen LogP contribution in [0.5, 0.6) is 0 Å². The SMILES string of the molecule is O=C(CSc1ncccc1Cl)N1CCSc2ccccc21. The van der Waals surface area contributed by atoms with Gasteiger partial charge in [-0.2, -0.15) is 0 Å². The maximum absolute atomic E-state index is 12.5. The van der Waals surface area contributed by atoms with Gasteiger partial charge < -0.3 is 4.90 Å². The summed E-state index contributed by atoms with van der Waals surface area (Å²) in [5.74, 6) is 1.36. The van der Waals surface area contributed by atoms with Crippen LogP contribution in [0.1, 0.15) is 0 Å². The summed E-state index contributed by atoms with van der Waals surface area (Å²) in [5, 5.41) is 1.29. The summed E-state index contributed by atoms with van der Waals surface area (Å²) in [6.07, 6.45) is 1.69. The van der Waals surface area contributed by atoms with E-state index in [0.29, 0.717) is 15.8 Å². The minimum absolute atomic E-state index is 0.0921. The third kappa shape index (κ3) is 3.36. The van der Waals surface area contributed by atoms with E-state index in [1.165, 1.54) is 11.8 Å². The van der Waals surface area contributed by atoms with E-state index in [-0.39, 0.29) is 5.91 Å². The van der Waals surface area contributed by atoms with Crippen LogP contribution >= 0.6 is 35.1 Å². The van der Waals surface area contributed by atoms with Crippen molar-refractivity contribution in [3.63, 3.8) is 0 Å². The maximum Gasteiger partial charge on any atom is 0.237 e. The third-order valence-corrected chi connectivity index (χ3v) is 5.54. The first kappa shape index (κ1) is 14.8. The Labute approximate surface area is 137 Å². The quantitative estimate of drug-likeness (QED) is 0.794. The average Bonchev–Trinajstić information content (AvgIpc) is 2.53. The van der Waals surface area contributed by atoms with Crippen molar-refractivity contribution in [3.05, 3.63) is 47.6 Å². The fraction of sp³-hybridized carbons (Fsp3) is 0.200. The first-order chi connectivity index (χ1) is 10.3. The Balaban J connectivity index is 1.71. The van der Waals surface area contributed by atoms with Crippen molar-refractivity contribution in [1.82, 2.24) is 4.98 Å². The molecule has 6 heteroatoms. The largest absolute Gasteiger partial charge is 0.310 e. The van der Waals surface area contributed by atoms with Gasteiger partial charge in [0.2, 0.25) is 5.91 Å². The summed E-state index contributed by atoms with van der Waals surface area (Å²) in [4.78, 5) is 19.7. The molecule has 0 bridgehead atoms.